The zero-order valence-electron chi connectivity index (χ0n) is 37.2. The van der Waals surface area contributed by atoms with Crippen molar-refractivity contribution >= 4 is 87.2 Å². The number of hydrogen-bond acceptors (Lipinski definition) is 1. The van der Waals surface area contributed by atoms with Crippen LogP contribution >= 0.6 is 0 Å². The molecule has 0 fully saturated rings. The van der Waals surface area contributed by atoms with Crippen molar-refractivity contribution in [1.29, 1.82) is 5.26 Å². The number of alkyl halides is 3. The summed E-state index contributed by atoms with van der Waals surface area (Å²) in [6.45, 7) is 0. The zero-order valence-corrected chi connectivity index (χ0v) is 37.2. The molecule has 0 spiro atoms. The van der Waals surface area contributed by atoms with Crippen molar-refractivity contribution in [1.82, 2.24) is 18.3 Å². The van der Waals surface area contributed by atoms with Gasteiger partial charge in [-0.1, -0.05) is 115 Å². The van der Waals surface area contributed by atoms with Gasteiger partial charge in [0.1, 0.15) is 0 Å². The fraction of sp³-hybridized carbons (Fsp3) is 0.0161. The SMILES string of the molecule is N#Cc1ccc(-n2c3ccccc3c3cc(-n4c5ccccc5c5ccccc54)ccc32)c(-c2c(-n3c4ccccc4c4cc(-n5c6ccccc6c6ccccc65)ccc43)cccc2C(F)(F)F)c1. The first-order valence-electron chi connectivity index (χ1n) is 23.1. The van der Waals surface area contributed by atoms with Gasteiger partial charge in [0, 0.05) is 65.6 Å². The topological polar surface area (TPSA) is 43.5 Å². The van der Waals surface area contributed by atoms with Gasteiger partial charge in [-0.3, -0.25) is 0 Å². The van der Waals surface area contributed by atoms with E-state index in [1.165, 1.54) is 6.07 Å². The van der Waals surface area contributed by atoms with E-state index in [0.717, 1.165) is 105 Å². The molecule has 0 aliphatic carbocycles. The Morgan fingerprint density at radius 1 is 0.329 bits per heavy atom. The van der Waals surface area contributed by atoms with Crippen molar-refractivity contribution in [2.24, 2.45) is 0 Å². The quantitative estimate of drug-likeness (QED) is 0.170. The Morgan fingerprint density at radius 3 is 1.11 bits per heavy atom. The van der Waals surface area contributed by atoms with Gasteiger partial charge in [0.2, 0.25) is 0 Å². The molecule has 0 saturated carbocycles. The minimum Gasteiger partial charge on any atom is -0.309 e. The van der Waals surface area contributed by atoms with Crippen LogP contribution in [0.4, 0.5) is 13.2 Å². The van der Waals surface area contributed by atoms with Crippen LogP contribution in [0.2, 0.25) is 0 Å². The van der Waals surface area contributed by atoms with Gasteiger partial charge >= 0.3 is 6.18 Å². The number of para-hydroxylation sites is 6. The normalized spacial score (nSPS) is 12.2. The van der Waals surface area contributed by atoms with Gasteiger partial charge in [0.25, 0.3) is 0 Å². The fourth-order valence-electron chi connectivity index (χ4n) is 11.4. The van der Waals surface area contributed by atoms with Crippen LogP contribution in [-0.4, -0.2) is 18.3 Å². The number of nitriles is 1. The third kappa shape index (κ3) is 5.66. The summed E-state index contributed by atoms with van der Waals surface area (Å²) in [6.07, 6.45) is -4.76. The van der Waals surface area contributed by atoms with Crippen LogP contribution in [0.15, 0.2) is 218 Å². The Labute approximate surface area is 397 Å². The molecule has 5 nitrogen and oxygen atoms in total. The van der Waals surface area contributed by atoms with E-state index in [0.29, 0.717) is 11.4 Å². The molecule has 4 aromatic heterocycles. The molecule has 0 bridgehead atoms. The number of hydrogen-bond donors (Lipinski definition) is 0. The molecule has 14 rings (SSSR count). The van der Waals surface area contributed by atoms with E-state index in [1.807, 2.05) is 89.5 Å². The van der Waals surface area contributed by atoms with Crippen LogP contribution in [0.25, 0.3) is 121 Å². The number of rotatable bonds is 5. The lowest BCUT2D eigenvalue weighted by atomic mass is 9.93. The summed E-state index contributed by atoms with van der Waals surface area (Å²) < 4.78 is 56.3. The van der Waals surface area contributed by atoms with E-state index in [2.05, 4.69) is 117 Å². The molecular formula is C62H36F3N5. The Bertz CT molecular complexity index is 4450. The summed E-state index contributed by atoms with van der Waals surface area (Å²) in [5.74, 6) is 0. The first-order valence-corrected chi connectivity index (χ1v) is 23.1. The summed E-state index contributed by atoms with van der Waals surface area (Å²) in [7, 11) is 0. The number of fused-ring (bicyclic) bond motifs is 12. The highest BCUT2D eigenvalue weighted by atomic mass is 19.4. The Balaban J connectivity index is 1.03. The molecule has 0 radical (unpaired) electrons. The average molecular weight is 908 g/mol. The summed E-state index contributed by atoms with van der Waals surface area (Å²) in [5, 5.41) is 18.7. The molecule has 4 heterocycles. The Hall–Kier alpha value is -9.32. The number of halogens is 3. The summed E-state index contributed by atoms with van der Waals surface area (Å²) >= 11 is 0. The van der Waals surface area contributed by atoms with E-state index in [4.69, 9.17) is 0 Å². The molecule has 70 heavy (non-hydrogen) atoms. The number of benzene rings is 10. The summed E-state index contributed by atoms with van der Waals surface area (Å²) in [4.78, 5) is 0. The van der Waals surface area contributed by atoms with E-state index in [9.17, 15) is 5.26 Å². The molecule has 0 atom stereocenters. The predicted molar refractivity (Wildman–Crippen MR) is 279 cm³/mol. The molecular weight excluding hydrogens is 872 g/mol. The highest BCUT2D eigenvalue weighted by Gasteiger charge is 2.37. The fourth-order valence-corrected chi connectivity index (χ4v) is 11.4. The molecule has 0 amide bonds. The number of aromatic nitrogens is 4. The van der Waals surface area contributed by atoms with E-state index in [-0.39, 0.29) is 16.7 Å². The third-order valence-corrected chi connectivity index (χ3v) is 14.2. The second-order valence-corrected chi connectivity index (χ2v) is 17.9. The Morgan fingerprint density at radius 2 is 0.700 bits per heavy atom. The highest BCUT2D eigenvalue weighted by Crippen LogP contribution is 2.47. The van der Waals surface area contributed by atoms with Crippen molar-refractivity contribution in [3.8, 4) is 39.9 Å². The summed E-state index contributed by atoms with van der Waals surface area (Å²) in [5.41, 5.74) is 9.87. The molecule has 0 aliphatic rings. The van der Waals surface area contributed by atoms with Crippen LogP contribution in [0.5, 0.6) is 0 Å². The minimum absolute atomic E-state index is 0.0240. The molecule has 14 aromatic rings. The molecule has 0 saturated heterocycles. The van der Waals surface area contributed by atoms with E-state index >= 15 is 13.2 Å². The van der Waals surface area contributed by atoms with Gasteiger partial charge < -0.3 is 18.3 Å². The summed E-state index contributed by atoms with van der Waals surface area (Å²) in [6, 6.07) is 73.6. The maximum absolute atomic E-state index is 15.9. The van der Waals surface area contributed by atoms with Gasteiger partial charge in [-0.05, 0) is 103 Å². The monoisotopic (exact) mass is 907 g/mol. The third-order valence-electron chi connectivity index (χ3n) is 14.2. The second kappa shape index (κ2) is 14.8. The molecule has 0 unspecified atom stereocenters. The number of nitrogens with zero attached hydrogens (tertiary/aromatic N) is 5. The molecule has 8 heteroatoms. The predicted octanol–water partition coefficient (Wildman–Crippen LogP) is 16.6. The van der Waals surface area contributed by atoms with Crippen LogP contribution in [0.3, 0.4) is 0 Å². The van der Waals surface area contributed by atoms with Crippen molar-refractivity contribution < 1.29 is 13.2 Å². The lowest BCUT2D eigenvalue weighted by Gasteiger charge is -2.22. The van der Waals surface area contributed by atoms with E-state index in [1.54, 1.807) is 24.3 Å². The molecule has 0 N–H and O–H groups in total. The average Bonchev–Trinajstić information content (AvgIpc) is 4.13. The van der Waals surface area contributed by atoms with Crippen LogP contribution in [0.1, 0.15) is 11.1 Å². The maximum atomic E-state index is 15.9. The van der Waals surface area contributed by atoms with Gasteiger partial charge in [-0.15, -0.1) is 0 Å². The molecule has 10 aromatic carbocycles. The molecule has 0 aliphatic heterocycles. The van der Waals surface area contributed by atoms with E-state index < -0.39 is 11.7 Å². The lowest BCUT2D eigenvalue weighted by Crippen LogP contribution is -2.11. The molecule has 330 valence electrons. The standard InChI is InChI=1S/C62H36F3N5/c63-62(64,65)50-20-13-27-60(70-56-26-12-6-19-46(56)48-36-40(30-33-58(48)70)68-53-23-9-3-16-43(53)44-17-4-10-24-54(44)68)61(50)49-34-38(37-66)28-31-59(49)69-55-25-11-5-18-45(55)47-35-39(29-32-57(47)69)67-51-21-7-1-14-41(51)42-15-2-8-22-52(42)67/h1-36H. The van der Waals surface area contributed by atoms with Crippen molar-refractivity contribution in [2.75, 3.05) is 0 Å². The van der Waals surface area contributed by atoms with Crippen molar-refractivity contribution in [3.05, 3.63) is 230 Å². The van der Waals surface area contributed by atoms with Crippen molar-refractivity contribution in [3.63, 3.8) is 0 Å². The first-order chi connectivity index (χ1) is 34.4. The maximum Gasteiger partial charge on any atom is 0.417 e. The van der Waals surface area contributed by atoms with Crippen LogP contribution in [-0.2, 0) is 6.18 Å². The second-order valence-electron chi connectivity index (χ2n) is 17.9. The van der Waals surface area contributed by atoms with Crippen molar-refractivity contribution in [2.45, 2.75) is 6.18 Å². The van der Waals surface area contributed by atoms with Gasteiger partial charge in [-0.25, -0.2) is 0 Å². The van der Waals surface area contributed by atoms with Gasteiger partial charge in [0.05, 0.1) is 72.7 Å². The van der Waals surface area contributed by atoms with Crippen LogP contribution < -0.4 is 0 Å². The zero-order chi connectivity index (χ0) is 46.8. The van der Waals surface area contributed by atoms with Gasteiger partial charge in [0.15, 0.2) is 0 Å². The largest absolute Gasteiger partial charge is 0.417 e. The van der Waals surface area contributed by atoms with Crippen LogP contribution in [0, 0.1) is 11.3 Å². The Kier molecular flexibility index (Phi) is 8.44. The minimum atomic E-state index is -4.76. The first kappa shape index (κ1) is 39.8. The van der Waals surface area contributed by atoms with Gasteiger partial charge in [-0.2, -0.15) is 18.4 Å². The lowest BCUT2D eigenvalue weighted by molar-refractivity contribution is -0.137. The smallest absolute Gasteiger partial charge is 0.309 e. The highest BCUT2D eigenvalue weighted by molar-refractivity contribution is 6.15.